The van der Waals surface area contributed by atoms with E-state index in [9.17, 15) is 14.4 Å². The minimum absolute atomic E-state index is 0.251. The number of nitrogens with one attached hydrogen (secondary N) is 2. The SMILES string of the molecule is Cn1cc(C(=O)NN2C(=O)N[C@@](C)(c3ccccc3)C2=O)cn1. The minimum Gasteiger partial charge on any atom is -0.318 e. The first kappa shape index (κ1) is 14.8. The van der Waals surface area contributed by atoms with Gasteiger partial charge in [-0.25, -0.2) is 4.79 Å². The van der Waals surface area contributed by atoms with Gasteiger partial charge in [-0.05, 0) is 12.5 Å². The normalized spacial score (nSPS) is 20.5. The van der Waals surface area contributed by atoms with Crippen LogP contribution in [0.2, 0.25) is 0 Å². The molecule has 2 N–H and O–H groups in total. The summed E-state index contributed by atoms with van der Waals surface area (Å²) in [6, 6.07) is 8.16. The summed E-state index contributed by atoms with van der Waals surface area (Å²) in [6.07, 6.45) is 2.84. The Morgan fingerprint density at radius 2 is 1.96 bits per heavy atom. The summed E-state index contributed by atoms with van der Waals surface area (Å²) in [4.78, 5) is 36.8. The van der Waals surface area contributed by atoms with Crippen LogP contribution >= 0.6 is 0 Å². The van der Waals surface area contributed by atoms with Crippen LogP contribution in [-0.4, -0.2) is 32.6 Å². The zero-order valence-electron chi connectivity index (χ0n) is 12.6. The molecule has 3 rings (SSSR count). The van der Waals surface area contributed by atoms with Gasteiger partial charge in [0.05, 0.1) is 11.8 Å². The van der Waals surface area contributed by atoms with Crippen molar-refractivity contribution in [3.63, 3.8) is 0 Å². The fraction of sp³-hybridized carbons (Fsp3) is 0.200. The van der Waals surface area contributed by atoms with Gasteiger partial charge in [-0.15, -0.1) is 0 Å². The molecule has 118 valence electrons. The lowest BCUT2D eigenvalue weighted by Gasteiger charge is -2.21. The number of hydrazine groups is 1. The van der Waals surface area contributed by atoms with E-state index in [1.54, 1.807) is 38.2 Å². The minimum atomic E-state index is -1.22. The van der Waals surface area contributed by atoms with Crippen LogP contribution in [0.3, 0.4) is 0 Å². The van der Waals surface area contributed by atoms with Gasteiger partial charge in [-0.1, -0.05) is 30.3 Å². The van der Waals surface area contributed by atoms with E-state index in [0.29, 0.717) is 10.6 Å². The van der Waals surface area contributed by atoms with Gasteiger partial charge in [0.15, 0.2) is 0 Å². The average molecular weight is 313 g/mol. The van der Waals surface area contributed by atoms with Crippen molar-refractivity contribution in [1.29, 1.82) is 0 Å². The van der Waals surface area contributed by atoms with Crippen molar-refractivity contribution in [2.45, 2.75) is 12.5 Å². The first-order valence-corrected chi connectivity index (χ1v) is 6.93. The van der Waals surface area contributed by atoms with E-state index in [2.05, 4.69) is 15.8 Å². The van der Waals surface area contributed by atoms with E-state index in [0.717, 1.165) is 0 Å². The maximum atomic E-state index is 12.6. The van der Waals surface area contributed by atoms with E-state index >= 15 is 0 Å². The van der Waals surface area contributed by atoms with Crippen molar-refractivity contribution < 1.29 is 14.4 Å². The number of hydrogen-bond donors (Lipinski definition) is 2. The van der Waals surface area contributed by atoms with Gasteiger partial charge in [0.1, 0.15) is 5.54 Å². The highest BCUT2D eigenvalue weighted by atomic mass is 16.2. The molecule has 0 aliphatic carbocycles. The molecule has 8 nitrogen and oxygen atoms in total. The predicted octanol–water partition coefficient (Wildman–Crippen LogP) is 0.532. The number of amides is 4. The molecule has 1 fully saturated rings. The van der Waals surface area contributed by atoms with Crippen LogP contribution in [0.15, 0.2) is 42.7 Å². The van der Waals surface area contributed by atoms with Crippen molar-refractivity contribution in [3.8, 4) is 0 Å². The van der Waals surface area contributed by atoms with E-state index in [4.69, 9.17) is 0 Å². The number of benzene rings is 1. The van der Waals surface area contributed by atoms with Crippen molar-refractivity contribution in [2.75, 3.05) is 0 Å². The number of rotatable bonds is 3. The molecule has 1 atom stereocenters. The average Bonchev–Trinajstić information content (AvgIpc) is 3.06. The van der Waals surface area contributed by atoms with Gasteiger partial charge in [0.25, 0.3) is 11.8 Å². The number of imide groups is 1. The van der Waals surface area contributed by atoms with Gasteiger partial charge in [0, 0.05) is 13.2 Å². The molecule has 8 heteroatoms. The Labute approximate surface area is 132 Å². The number of carbonyl (C=O) groups excluding carboxylic acids is 3. The summed E-state index contributed by atoms with van der Waals surface area (Å²) in [6.45, 7) is 1.60. The van der Waals surface area contributed by atoms with E-state index < -0.39 is 23.4 Å². The van der Waals surface area contributed by atoms with Crippen LogP contribution in [0.1, 0.15) is 22.8 Å². The standard InChI is InChI=1S/C15H15N5O3/c1-15(11-6-4-3-5-7-11)13(22)20(14(23)17-15)18-12(21)10-8-16-19(2)9-10/h3-9H,1-2H3,(H,17,23)(H,18,21)/t15-/m0/s1. The molecule has 1 aliphatic rings. The number of carbonyl (C=O) groups is 3. The van der Waals surface area contributed by atoms with Crippen molar-refractivity contribution in [1.82, 2.24) is 25.5 Å². The molecule has 4 amide bonds. The highest BCUT2D eigenvalue weighted by Gasteiger charge is 2.50. The summed E-state index contributed by atoms with van der Waals surface area (Å²) < 4.78 is 1.45. The van der Waals surface area contributed by atoms with Gasteiger partial charge >= 0.3 is 6.03 Å². The Bertz CT molecular complexity index is 785. The van der Waals surface area contributed by atoms with E-state index in [1.807, 2.05) is 6.07 Å². The maximum absolute atomic E-state index is 12.6. The Balaban J connectivity index is 1.83. The largest absolute Gasteiger partial charge is 0.344 e. The third-order valence-electron chi connectivity index (χ3n) is 3.72. The first-order valence-electron chi connectivity index (χ1n) is 6.93. The molecular formula is C15H15N5O3. The molecule has 2 heterocycles. The van der Waals surface area contributed by atoms with Crippen molar-refractivity contribution >= 4 is 17.8 Å². The third-order valence-corrected chi connectivity index (χ3v) is 3.72. The van der Waals surface area contributed by atoms with Gasteiger partial charge in [0.2, 0.25) is 0 Å². The third kappa shape index (κ3) is 2.44. The number of aromatic nitrogens is 2. The number of aryl methyl sites for hydroxylation is 1. The predicted molar refractivity (Wildman–Crippen MR) is 79.8 cm³/mol. The van der Waals surface area contributed by atoms with Crippen molar-refractivity contribution in [2.24, 2.45) is 7.05 Å². The second-order valence-electron chi connectivity index (χ2n) is 5.41. The van der Waals surface area contributed by atoms with Crippen LogP contribution in [0.4, 0.5) is 4.79 Å². The lowest BCUT2D eigenvalue weighted by Crippen LogP contribution is -2.47. The van der Waals surface area contributed by atoms with Gasteiger partial charge in [-0.3, -0.25) is 19.7 Å². The van der Waals surface area contributed by atoms with E-state index in [1.165, 1.54) is 17.1 Å². The summed E-state index contributed by atoms with van der Waals surface area (Å²) in [5.41, 5.74) is 1.98. The number of nitrogens with zero attached hydrogens (tertiary/aromatic N) is 3. The zero-order valence-corrected chi connectivity index (χ0v) is 12.6. The molecule has 1 saturated heterocycles. The van der Waals surface area contributed by atoms with E-state index in [-0.39, 0.29) is 5.56 Å². The lowest BCUT2D eigenvalue weighted by atomic mass is 9.92. The molecule has 0 bridgehead atoms. The molecule has 1 aromatic heterocycles. The molecule has 23 heavy (non-hydrogen) atoms. The second kappa shape index (κ2) is 5.24. The van der Waals surface area contributed by atoms with Crippen LogP contribution in [-0.2, 0) is 17.4 Å². The molecular weight excluding hydrogens is 298 g/mol. The highest BCUT2D eigenvalue weighted by Crippen LogP contribution is 2.27. The molecule has 1 aliphatic heterocycles. The molecule has 2 aromatic rings. The Kier molecular flexibility index (Phi) is 3.36. The topological polar surface area (TPSA) is 96.3 Å². The lowest BCUT2D eigenvalue weighted by molar-refractivity contribution is -0.132. The smallest absolute Gasteiger partial charge is 0.318 e. The van der Waals surface area contributed by atoms with Crippen LogP contribution in [0, 0.1) is 0 Å². The highest BCUT2D eigenvalue weighted by molar-refractivity contribution is 6.09. The number of urea groups is 1. The summed E-state index contributed by atoms with van der Waals surface area (Å²) in [5.74, 6) is -1.13. The van der Waals surface area contributed by atoms with Crippen molar-refractivity contribution in [3.05, 3.63) is 53.9 Å². The van der Waals surface area contributed by atoms with Gasteiger partial charge in [-0.2, -0.15) is 10.1 Å². The van der Waals surface area contributed by atoms with Crippen LogP contribution < -0.4 is 10.7 Å². The van der Waals surface area contributed by atoms with Crippen LogP contribution in [0.5, 0.6) is 0 Å². The zero-order chi connectivity index (χ0) is 16.6. The summed E-state index contributed by atoms with van der Waals surface area (Å²) >= 11 is 0. The first-order chi connectivity index (χ1) is 10.9. The Morgan fingerprint density at radius 3 is 2.57 bits per heavy atom. The monoisotopic (exact) mass is 313 g/mol. The molecule has 0 unspecified atom stereocenters. The quantitative estimate of drug-likeness (QED) is 0.808. The maximum Gasteiger partial charge on any atom is 0.344 e. The van der Waals surface area contributed by atoms with Gasteiger partial charge < -0.3 is 5.32 Å². The molecule has 1 aromatic carbocycles. The molecule has 0 radical (unpaired) electrons. The Hall–Kier alpha value is -3.16. The molecule has 0 spiro atoms. The second-order valence-corrected chi connectivity index (χ2v) is 5.41. The summed E-state index contributed by atoms with van der Waals surface area (Å²) in [7, 11) is 1.66. The Morgan fingerprint density at radius 1 is 1.26 bits per heavy atom. The fourth-order valence-corrected chi connectivity index (χ4v) is 2.41. The summed E-state index contributed by atoms with van der Waals surface area (Å²) in [5, 5.41) is 7.19. The fourth-order valence-electron chi connectivity index (χ4n) is 2.41. The number of hydrogen-bond acceptors (Lipinski definition) is 4. The van der Waals surface area contributed by atoms with Crippen LogP contribution in [0.25, 0.3) is 0 Å². The molecule has 0 saturated carbocycles.